The molecule has 0 fully saturated rings. The maximum absolute atomic E-state index is 13.9. The second kappa shape index (κ2) is 12.8. The Bertz CT molecular complexity index is 1360. The maximum Gasteiger partial charge on any atom is 0.264 e. The van der Waals surface area contributed by atoms with Crippen LogP contribution in [-0.2, 0) is 26.2 Å². The van der Waals surface area contributed by atoms with Crippen LogP contribution in [0, 0.1) is 6.92 Å². The van der Waals surface area contributed by atoms with E-state index in [1.54, 1.807) is 56.5 Å². The minimum absolute atomic E-state index is 0.00652. The molecule has 0 aliphatic carbocycles. The summed E-state index contributed by atoms with van der Waals surface area (Å²) in [4.78, 5) is 28.1. The molecule has 202 valence electrons. The van der Waals surface area contributed by atoms with Crippen molar-refractivity contribution in [1.82, 2.24) is 10.2 Å². The summed E-state index contributed by atoms with van der Waals surface area (Å²) in [6, 6.07) is 19.0. The molecular weight excluding hydrogens is 526 g/mol. The lowest BCUT2D eigenvalue weighted by molar-refractivity contribution is -0.140. The van der Waals surface area contributed by atoms with Gasteiger partial charge in [0, 0.05) is 18.6 Å². The van der Waals surface area contributed by atoms with Crippen LogP contribution >= 0.6 is 11.6 Å². The fourth-order valence-corrected chi connectivity index (χ4v) is 5.57. The zero-order valence-corrected chi connectivity index (χ0v) is 23.4. The minimum Gasteiger partial charge on any atom is -0.497 e. The van der Waals surface area contributed by atoms with Crippen molar-refractivity contribution in [3.63, 3.8) is 0 Å². The Balaban J connectivity index is 2.05. The summed E-state index contributed by atoms with van der Waals surface area (Å²) in [5.74, 6) is -0.262. The number of rotatable bonds is 11. The topological polar surface area (TPSA) is 96.0 Å². The molecule has 38 heavy (non-hydrogen) atoms. The highest BCUT2D eigenvalue weighted by atomic mass is 35.5. The van der Waals surface area contributed by atoms with Crippen LogP contribution in [0.25, 0.3) is 0 Å². The molecule has 8 nitrogen and oxygen atoms in total. The number of nitrogens with one attached hydrogen (secondary N) is 1. The summed E-state index contributed by atoms with van der Waals surface area (Å²) >= 11 is 5.98. The lowest BCUT2D eigenvalue weighted by Crippen LogP contribution is -2.51. The molecule has 2 amide bonds. The molecule has 0 spiro atoms. The smallest absolute Gasteiger partial charge is 0.264 e. The molecule has 10 heteroatoms. The van der Waals surface area contributed by atoms with Gasteiger partial charge in [0.15, 0.2) is 0 Å². The van der Waals surface area contributed by atoms with Gasteiger partial charge in [-0.05, 0) is 67.4 Å². The van der Waals surface area contributed by atoms with Gasteiger partial charge in [0.05, 0.1) is 17.7 Å². The number of carbonyl (C=O) groups excluding carboxylic acids is 2. The number of benzene rings is 3. The van der Waals surface area contributed by atoms with Gasteiger partial charge in [-0.25, -0.2) is 8.42 Å². The summed E-state index contributed by atoms with van der Waals surface area (Å²) in [5.41, 5.74) is 2.00. The van der Waals surface area contributed by atoms with Crippen molar-refractivity contribution in [2.75, 3.05) is 25.0 Å². The number of methoxy groups -OCH3 is 1. The van der Waals surface area contributed by atoms with Crippen molar-refractivity contribution in [2.24, 2.45) is 0 Å². The fourth-order valence-electron chi connectivity index (χ4n) is 4.03. The standard InChI is InChI=1S/C28H32ClN3O5S/c1-5-26(28(34)30-3)31(18-21-7-6-8-24(17-21)37-4)27(33)19-32(23-13-9-20(2)10-14-23)38(35,36)25-15-11-22(29)12-16-25/h6-17,26H,5,18-19H2,1-4H3,(H,30,34). The first kappa shape index (κ1) is 29.0. The van der Waals surface area contributed by atoms with E-state index < -0.39 is 28.5 Å². The Labute approximate surface area is 229 Å². The molecule has 0 aliphatic rings. The average Bonchev–Trinajstić information content (AvgIpc) is 2.92. The number of likely N-dealkylation sites (N-methyl/N-ethyl adjacent to an activating group) is 1. The van der Waals surface area contributed by atoms with Gasteiger partial charge >= 0.3 is 0 Å². The molecule has 1 N–H and O–H groups in total. The SMILES string of the molecule is CCC(C(=O)NC)N(Cc1cccc(OC)c1)C(=O)CN(c1ccc(C)cc1)S(=O)(=O)c1ccc(Cl)cc1. The van der Waals surface area contributed by atoms with Crippen LogP contribution < -0.4 is 14.4 Å². The highest BCUT2D eigenvalue weighted by Crippen LogP contribution is 2.26. The number of amides is 2. The first-order chi connectivity index (χ1) is 18.1. The van der Waals surface area contributed by atoms with Crippen LogP contribution in [0.4, 0.5) is 5.69 Å². The number of ether oxygens (including phenoxy) is 1. The van der Waals surface area contributed by atoms with Gasteiger partial charge in [-0.1, -0.05) is 48.4 Å². The largest absolute Gasteiger partial charge is 0.497 e. The predicted molar refractivity (Wildman–Crippen MR) is 149 cm³/mol. The average molecular weight is 558 g/mol. The van der Waals surface area contributed by atoms with Crippen molar-refractivity contribution in [3.8, 4) is 5.75 Å². The Morgan fingerprint density at radius 2 is 1.68 bits per heavy atom. The van der Waals surface area contributed by atoms with E-state index in [0.29, 0.717) is 22.9 Å². The number of aryl methyl sites for hydroxylation is 1. The molecule has 3 aromatic rings. The summed E-state index contributed by atoms with van der Waals surface area (Å²) in [5, 5.41) is 3.00. The van der Waals surface area contributed by atoms with Crippen LogP contribution in [0.1, 0.15) is 24.5 Å². The van der Waals surface area contributed by atoms with E-state index in [0.717, 1.165) is 15.4 Å². The zero-order chi connectivity index (χ0) is 27.9. The quantitative estimate of drug-likeness (QED) is 0.377. The van der Waals surface area contributed by atoms with E-state index >= 15 is 0 Å². The van der Waals surface area contributed by atoms with E-state index in [9.17, 15) is 18.0 Å². The van der Waals surface area contributed by atoms with Gasteiger partial charge in [0.2, 0.25) is 11.8 Å². The first-order valence-electron chi connectivity index (χ1n) is 12.1. The zero-order valence-electron chi connectivity index (χ0n) is 21.8. The Morgan fingerprint density at radius 3 is 2.26 bits per heavy atom. The number of hydrogen-bond acceptors (Lipinski definition) is 5. The maximum atomic E-state index is 13.9. The van der Waals surface area contributed by atoms with Crippen molar-refractivity contribution < 1.29 is 22.7 Å². The summed E-state index contributed by atoms with van der Waals surface area (Å²) in [6.07, 6.45) is 0.337. The van der Waals surface area contributed by atoms with Crippen molar-refractivity contribution >= 4 is 39.1 Å². The minimum atomic E-state index is -4.15. The monoisotopic (exact) mass is 557 g/mol. The molecule has 0 bridgehead atoms. The van der Waals surface area contributed by atoms with Crippen LogP contribution in [0.3, 0.4) is 0 Å². The number of hydrogen-bond donors (Lipinski definition) is 1. The molecule has 1 unspecified atom stereocenters. The predicted octanol–water partition coefficient (Wildman–Crippen LogP) is 4.41. The fraction of sp³-hybridized carbons (Fsp3) is 0.286. The van der Waals surface area contributed by atoms with Gasteiger partial charge < -0.3 is 15.0 Å². The van der Waals surface area contributed by atoms with Crippen LogP contribution in [0.2, 0.25) is 5.02 Å². The van der Waals surface area contributed by atoms with Crippen LogP contribution in [0.5, 0.6) is 5.75 Å². The number of anilines is 1. The molecule has 0 saturated heterocycles. The van der Waals surface area contributed by atoms with E-state index in [2.05, 4.69) is 5.32 Å². The molecule has 1 atom stereocenters. The van der Waals surface area contributed by atoms with Crippen LogP contribution in [-0.4, -0.2) is 51.9 Å². The lowest BCUT2D eigenvalue weighted by Gasteiger charge is -2.33. The van der Waals surface area contributed by atoms with E-state index in [-0.39, 0.29) is 17.3 Å². The van der Waals surface area contributed by atoms with E-state index in [1.807, 2.05) is 13.0 Å². The first-order valence-corrected chi connectivity index (χ1v) is 13.9. The number of halogens is 1. The third-order valence-corrected chi connectivity index (χ3v) is 8.16. The summed E-state index contributed by atoms with van der Waals surface area (Å²) < 4.78 is 33.9. The van der Waals surface area contributed by atoms with Gasteiger partial charge in [-0.15, -0.1) is 0 Å². The highest BCUT2D eigenvalue weighted by Gasteiger charge is 2.33. The number of sulfonamides is 1. The Morgan fingerprint density at radius 1 is 1.03 bits per heavy atom. The normalized spacial score (nSPS) is 11.9. The Kier molecular flexibility index (Phi) is 9.77. The second-order valence-electron chi connectivity index (χ2n) is 8.71. The molecule has 0 heterocycles. The van der Waals surface area contributed by atoms with E-state index in [1.165, 1.54) is 36.2 Å². The lowest BCUT2D eigenvalue weighted by atomic mass is 10.1. The van der Waals surface area contributed by atoms with Gasteiger partial charge in [0.1, 0.15) is 18.3 Å². The molecule has 3 aromatic carbocycles. The third kappa shape index (κ3) is 6.85. The number of carbonyl (C=O) groups is 2. The molecule has 0 aliphatic heterocycles. The second-order valence-corrected chi connectivity index (χ2v) is 11.0. The Hall–Kier alpha value is -3.56. The van der Waals surface area contributed by atoms with Gasteiger partial charge in [-0.3, -0.25) is 13.9 Å². The molecule has 0 aromatic heterocycles. The molecule has 0 radical (unpaired) electrons. The highest BCUT2D eigenvalue weighted by molar-refractivity contribution is 7.92. The number of nitrogens with zero attached hydrogens (tertiary/aromatic N) is 2. The van der Waals surface area contributed by atoms with Gasteiger partial charge in [0.25, 0.3) is 10.0 Å². The molecular formula is C28H32ClN3O5S. The third-order valence-electron chi connectivity index (χ3n) is 6.12. The summed E-state index contributed by atoms with van der Waals surface area (Å²) in [7, 11) is -1.10. The van der Waals surface area contributed by atoms with Crippen LogP contribution in [0.15, 0.2) is 77.7 Å². The van der Waals surface area contributed by atoms with Crippen molar-refractivity contribution in [2.45, 2.75) is 37.8 Å². The molecule has 0 saturated carbocycles. The molecule has 3 rings (SSSR count). The van der Waals surface area contributed by atoms with Crippen molar-refractivity contribution in [1.29, 1.82) is 0 Å². The van der Waals surface area contributed by atoms with Crippen molar-refractivity contribution in [3.05, 3.63) is 88.9 Å². The summed E-state index contributed by atoms with van der Waals surface area (Å²) in [6.45, 7) is 3.27. The van der Waals surface area contributed by atoms with Gasteiger partial charge in [-0.2, -0.15) is 0 Å². The van der Waals surface area contributed by atoms with E-state index in [4.69, 9.17) is 16.3 Å².